The summed E-state index contributed by atoms with van der Waals surface area (Å²) in [7, 11) is 0. The predicted molar refractivity (Wildman–Crippen MR) is 59.7 cm³/mol. The molecule has 0 aliphatic heterocycles. The average molecular weight is 273 g/mol. The highest BCUT2D eigenvalue weighted by molar-refractivity contribution is 5.99. The molecule has 19 heavy (non-hydrogen) atoms. The van der Waals surface area contributed by atoms with Crippen LogP contribution in [0.15, 0.2) is 18.2 Å². The van der Waals surface area contributed by atoms with Crippen molar-refractivity contribution in [2.75, 3.05) is 0 Å². The van der Waals surface area contributed by atoms with Crippen LogP contribution in [0.3, 0.4) is 0 Å². The fraction of sp³-hybridized carbons (Fsp3) is 0.385. The highest BCUT2D eigenvalue weighted by atomic mass is 19.4. The Labute approximate surface area is 107 Å². The Morgan fingerprint density at radius 1 is 1.42 bits per heavy atom. The van der Waals surface area contributed by atoms with Crippen LogP contribution < -0.4 is 0 Å². The normalized spacial score (nSPS) is 12.8. The Balaban J connectivity index is 3.23. The third kappa shape index (κ3) is 3.31. The molecule has 0 bridgehead atoms. The summed E-state index contributed by atoms with van der Waals surface area (Å²) in [5.41, 5.74) is -2.18. The molecule has 1 rings (SSSR count). The van der Waals surface area contributed by atoms with Crippen LogP contribution in [0.1, 0.15) is 35.7 Å². The van der Waals surface area contributed by atoms with Gasteiger partial charge in [-0.15, -0.1) is 0 Å². The van der Waals surface area contributed by atoms with E-state index in [1.165, 1.54) is 0 Å². The van der Waals surface area contributed by atoms with E-state index in [0.717, 1.165) is 12.1 Å². The number of hydrogen-bond donors (Lipinski definition) is 0. The fourth-order valence-electron chi connectivity index (χ4n) is 1.67. The number of Topliss-reactive ketones (excluding diaryl/α,β-unsaturated/α-hetero) is 1. The topological polar surface area (TPSA) is 40.9 Å². The zero-order valence-electron chi connectivity index (χ0n) is 10.1. The maximum atomic E-state index is 13.7. The Morgan fingerprint density at radius 3 is 2.53 bits per heavy atom. The molecule has 0 saturated heterocycles. The number of nitriles is 1. The van der Waals surface area contributed by atoms with Gasteiger partial charge in [0.15, 0.2) is 5.78 Å². The molecule has 102 valence electrons. The van der Waals surface area contributed by atoms with Crippen molar-refractivity contribution in [2.45, 2.75) is 25.9 Å². The third-order valence-electron chi connectivity index (χ3n) is 2.62. The molecule has 0 aliphatic carbocycles. The van der Waals surface area contributed by atoms with Gasteiger partial charge in [0.1, 0.15) is 11.7 Å². The SMILES string of the molecule is CCCC(C#N)C(=O)c1cccc(C(F)(F)F)c1F. The second-order valence-electron chi connectivity index (χ2n) is 4.00. The number of alkyl halides is 3. The second kappa shape index (κ2) is 5.83. The molecule has 0 aliphatic rings. The highest BCUT2D eigenvalue weighted by Gasteiger charge is 2.36. The summed E-state index contributed by atoms with van der Waals surface area (Å²) < 4.78 is 51.2. The molecule has 2 nitrogen and oxygen atoms in total. The Hall–Kier alpha value is -1.90. The highest BCUT2D eigenvalue weighted by Crippen LogP contribution is 2.33. The van der Waals surface area contributed by atoms with Gasteiger partial charge >= 0.3 is 6.18 Å². The number of rotatable bonds is 4. The first-order valence-electron chi connectivity index (χ1n) is 5.62. The molecule has 1 aromatic rings. The maximum Gasteiger partial charge on any atom is 0.419 e. The number of halogens is 4. The first-order valence-corrected chi connectivity index (χ1v) is 5.62. The first kappa shape index (κ1) is 15.2. The molecule has 0 aromatic heterocycles. The first-order chi connectivity index (χ1) is 8.82. The molecule has 1 atom stereocenters. The van der Waals surface area contributed by atoms with E-state index in [1.807, 2.05) is 0 Å². The molecule has 0 spiro atoms. The summed E-state index contributed by atoms with van der Waals surface area (Å²) in [6.07, 6.45) is -4.18. The van der Waals surface area contributed by atoms with E-state index in [0.29, 0.717) is 12.5 Å². The summed E-state index contributed by atoms with van der Waals surface area (Å²) in [5.74, 6) is -3.65. The second-order valence-corrected chi connectivity index (χ2v) is 4.00. The van der Waals surface area contributed by atoms with Gasteiger partial charge in [0.25, 0.3) is 0 Å². The van der Waals surface area contributed by atoms with Crippen molar-refractivity contribution in [3.8, 4) is 6.07 Å². The van der Waals surface area contributed by atoms with Crippen molar-refractivity contribution in [1.29, 1.82) is 5.26 Å². The van der Waals surface area contributed by atoms with Crippen molar-refractivity contribution in [3.63, 3.8) is 0 Å². The van der Waals surface area contributed by atoms with Gasteiger partial charge in [0.2, 0.25) is 0 Å². The summed E-state index contributed by atoms with van der Waals surface area (Å²) in [6.45, 7) is 1.72. The monoisotopic (exact) mass is 273 g/mol. The number of carbonyl (C=O) groups is 1. The molecule has 0 fully saturated rings. The maximum absolute atomic E-state index is 13.7. The van der Waals surface area contributed by atoms with Gasteiger partial charge in [-0.25, -0.2) is 4.39 Å². The van der Waals surface area contributed by atoms with Gasteiger partial charge in [-0.2, -0.15) is 18.4 Å². The molecule has 0 heterocycles. The summed E-state index contributed by atoms with van der Waals surface area (Å²) in [6, 6.07) is 4.18. The zero-order chi connectivity index (χ0) is 14.6. The van der Waals surface area contributed by atoms with Crippen LogP contribution in [-0.4, -0.2) is 5.78 Å². The van der Waals surface area contributed by atoms with Crippen LogP contribution in [0, 0.1) is 23.1 Å². The number of benzene rings is 1. The fourth-order valence-corrected chi connectivity index (χ4v) is 1.67. The molecule has 0 N–H and O–H groups in total. The molecule has 0 radical (unpaired) electrons. The van der Waals surface area contributed by atoms with Gasteiger partial charge in [-0.05, 0) is 18.6 Å². The largest absolute Gasteiger partial charge is 0.419 e. The molecular weight excluding hydrogens is 262 g/mol. The van der Waals surface area contributed by atoms with Crippen molar-refractivity contribution >= 4 is 5.78 Å². The number of hydrogen-bond acceptors (Lipinski definition) is 2. The van der Waals surface area contributed by atoms with E-state index in [9.17, 15) is 22.4 Å². The quantitative estimate of drug-likeness (QED) is 0.615. The van der Waals surface area contributed by atoms with Crippen LogP contribution >= 0.6 is 0 Å². The van der Waals surface area contributed by atoms with Crippen LogP contribution in [0.4, 0.5) is 17.6 Å². The minimum atomic E-state index is -4.87. The molecule has 6 heteroatoms. The number of nitrogens with zero attached hydrogens (tertiary/aromatic N) is 1. The van der Waals surface area contributed by atoms with E-state index >= 15 is 0 Å². The van der Waals surface area contributed by atoms with Gasteiger partial charge < -0.3 is 0 Å². The summed E-state index contributed by atoms with van der Waals surface area (Å²) in [5, 5.41) is 8.79. The van der Waals surface area contributed by atoms with E-state index in [-0.39, 0.29) is 6.42 Å². The van der Waals surface area contributed by atoms with Crippen LogP contribution in [0.2, 0.25) is 0 Å². The summed E-state index contributed by atoms with van der Waals surface area (Å²) >= 11 is 0. The van der Waals surface area contributed by atoms with E-state index in [1.54, 1.807) is 13.0 Å². The lowest BCUT2D eigenvalue weighted by atomic mass is 9.93. The molecule has 0 saturated carbocycles. The van der Waals surface area contributed by atoms with E-state index < -0.39 is 34.8 Å². The van der Waals surface area contributed by atoms with E-state index in [2.05, 4.69) is 0 Å². The van der Waals surface area contributed by atoms with Gasteiger partial charge in [-0.3, -0.25) is 4.79 Å². The van der Waals surface area contributed by atoms with E-state index in [4.69, 9.17) is 5.26 Å². The van der Waals surface area contributed by atoms with Crippen LogP contribution in [0.25, 0.3) is 0 Å². The Morgan fingerprint density at radius 2 is 2.05 bits per heavy atom. The third-order valence-corrected chi connectivity index (χ3v) is 2.62. The molecule has 0 amide bonds. The minimum Gasteiger partial charge on any atom is -0.293 e. The zero-order valence-corrected chi connectivity index (χ0v) is 10.1. The van der Waals surface area contributed by atoms with Gasteiger partial charge in [0.05, 0.1) is 17.2 Å². The van der Waals surface area contributed by atoms with Gasteiger partial charge in [-0.1, -0.05) is 19.4 Å². The van der Waals surface area contributed by atoms with Crippen molar-refractivity contribution in [1.82, 2.24) is 0 Å². The lowest BCUT2D eigenvalue weighted by Crippen LogP contribution is -2.17. The Kier molecular flexibility index (Phi) is 4.65. The molecule has 1 unspecified atom stereocenters. The van der Waals surface area contributed by atoms with Crippen molar-refractivity contribution in [2.24, 2.45) is 5.92 Å². The predicted octanol–water partition coefficient (Wildman–Crippen LogP) is 3.97. The number of ketones is 1. The van der Waals surface area contributed by atoms with Crippen molar-refractivity contribution < 1.29 is 22.4 Å². The Bertz CT molecular complexity index is 516. The summed E-state index contributed by atoms with van der Waals surface area (Å²) in [4.78, 5) is 11.8. The van der Waals surface area contributed by atoms with Gasteiger partial charge in [0, 0.05) is 0 Å². The molecule has 1 aromatic carbocycles. The van der Waals surface area contributed by atoms with Crippen molar-refractivity contribution in [3.05, 3.63) is 35.1 Å². The number of carbonyl (C=O) groups excluding carboxylic acids is 1. The standard InChI is InChI=1S/C13H11F4NO/c1-2-4-8(7-18)12(19)9-5-3-6-10(11(9)14)13(15,16)17/h3,5-6,8H,2,4H2,1H3. The minimum absolute atomic E-state index is 0.186. The van der Waals surface area contributed by atoms with Crippen LogP contribution in [-0.2, 0) is 6.18 Å². The van der Waals surface area contributed by atoms with Crippen LogP contribution in [0.5, 0.6) is 0 Å². The molecular formula is C13H11F4NO. The lowest BCUT2D eigenvalue weighted by molar-refractivity contribution is -0.140. The smallest absolute Gasteiger partial charge is 0.293 e. The lowest BCUT2D eigenvalue weighted by Gasteiger charge is -2.12. The average Bonchev–Trinajstić information content (AvgIpc) is 2.34.